The van der Waals surface area contributed by atoms with Crippen LogP contribution < -0.4 is 0 Å². The Morgan fingerprint density at radius 3 is 2.86 bits per heavy atom. The van der Waals surface area contributed by atoms with Crippen molar-refractivity contribution >= 4 is 10.0 Å². The van der Waals surface area contributed by atoms with Crippen LogP contribution in [0.3, 0.4) is 0 Å². The Hall–Kier alpha value is -1.80. The van der Waals surface area contributed by atoms with Crippen LogP contribution in [-0.4, -0.2) is 45.3 Å². The highest BCUT2D eigenvalue weighted by Gasteiger charge is 2.32. The van der Waals surface area contributed by atoms with E-state index in [9.17, 15) is 8.42 Å². The summed E-state index contributed by atoms with van der Waals surface area (Å²) in [6.07, 6.45) is 7.98. The predicted molar refractivity (Wildman–Crippen MR) is 76.0 cm³/mol. The number of nitrogens with zero attached hydrogens (tertiary/aromatic N) is 5. The molecule has 0 radical (unpaired) electrons. The second kappa shape index (κ2) is 5.53. The van der Waals surface area contributed by atoms with Gasteiger partial charge in [-0.2, -0.15) is 4.31 Å². The summed E-state index contributed by atoms with van der Waals surface area (Å²) in [5.74, 6) is 0.111. The van der Waals surface area contributed by atoms with E-state index < -0.39 is 10.0 Å². The van der Waals surface area contributed by atoms with Gasteiger partial charge in [0.05, 0.1) is 6.33 Å². The molecule has 1 atom stereocenters. The number of aryl methyl sites for hydroxylation is 1. The van der Waals surface area contributed by atoms with Gasteiger partial charge in [-0.25, -0.2) is 23.4 Å². The lowest BCUT2D eigenvalue weighted by molar-refractivity contribution is 0.311. The largest absolute Gasteiger partial charge is 0.339 e. The van der Waals surface area contributed by atoms with E-state index in [1.165, 1.54) is 23.2 Å². The third-order valence-corrected chi connectivity index (χ3v) is 5.44. The number of hydrogen-bond donors (Lipinski definition) is 0. The van der Waals surface area contributed by atoms with Crippen LogP contribution in [-0.2, 0) is 17.1 Å². The van der Waals surface area contributed by atoms with Crippen molar-refractivity contribution in [2.75, 3.05) is 13.1 Å². The lowest BCUT2D eigenvalue weighted by Gasteiger charge is -2.30. The molecular formula is C13H17N5O2S. The van der Waals surface area contributed by atoms with Crippen molar-refractivity contribution in [2.45, 2.75) is 23.8 Å². The van der Waals surface area contributed by atoms with Crippen LogP contribution in [0.4, 0.5) is 0 Å². The van der Waals surface area contributed by atoms with Crippen LogP contribution in [0.15, 0.2) is 36.1 Å². The Kier molecular flexibility index (Phi) is 3.73. The fraction of sp³-hybridized carbons (Fsp3) is 0.462. The van der Waals surface area contributed by atoms with Gasteiger partial charge in [0.1, 0.15) is 6.33 Å². The monoisotopic (exact) mass is 307 g/mol. The van der Waals surface area contributed by atoms with Crippen LogP contribution in [0, 0.1) is 0 Å². The summed E-state index contributed by atoms with van der Waals surface area (Å²) in [6, 6.07) is 1.85. The molecule has 0 spiro atoms. The van der Waals surface area contributed by atoms with Gasteiger partial charge in [-0.05, 0) is 18.9 Å². The molecule has 0 aromatic carbocycles. The Bertz CT molecular complexity index is 713. The SMILES string of the molecule is Cn1cnc(S(=O)(=O)N2CCCC(c3ccncn3)C2)c1. The van der Waals surface area contributed by atoms with Gasteiger partial charge in [0.2, 0.25) is 0 Å². The molecule has 1 aliphatic heterocycles. The molecule has 112 valence electrons. The Balaban J connectivity index is 1.83. The van der Waals surface area contributed by atoms with Crippen LogP contribution >= 0.6 is 0 Å². The van der Waals surface area contributed by atoms with E-state index in [0.717, 1.165) is 18.5 Å². The third-order valence-electron chi connectivity index (χ3n) is 3.69. The molecule has 0 saturated carbocycles. The summed E-state index contributed by atoms with van der Waals surface area (Å²) in [5, 5.41) is 0.105. The fourth-order valence-electron chi connectivity index (χ4n) is 2.60. The Labute approximate surface area is 123 Å². The number of sulfonamides is 1. The minimum absolute atomic E-state index is 0.105. The molecule has 8 heteroatoms. The zero-order chi connectivity index (χ0) is 14.9. The standard InChI is InChI=1S/C13H17N5O2S/c1-17-8-13(16-10-17)21(19,20)18-6-2-3-11(7-18)12-4-5-14-9-15-12/h4-5,8-11H,2-3,6-7H2,1H3. The maximum atomic E-state index is 12.6. The summed E-state index contributed by atoms with van der Waals surface area (Å²) in [7, 11) is -1.77. The summed E-state index contributed by atoms with van der Waals surface area (Å²) >= 11 is 0. The van der Waals surface area contributed by atoms with Gasteiger partial charge >= 0.3 is 0 Å². The second-order valence-corrected chi connectivity index (χ2v) is 7.10. The van der Waals surface area contributed by atoms with Crippen molar-refractivity contribution in [3.05, 3.63) is 36.8 Å². The maximum absolute atomic E-state index is 12.6. The van der Waals surface area contributed by atoms with Crippen LogP contribution in [0.5, 0.6) is 0 Å². The van der Waals surface area contributed by atoms with Gasteiger partial charge in [0.25, 0.3) is 10.0 Å². The molecule has 0 amide bonds. The predicted octanol–water partition coefficient (Wildman–Crippen LogP) is 0.778. The molecular weight excluding hydrogens is 290 g/mol. The fourth-order valence-corrected chi connectivity index (χ4v) is 4.09. The van der Waals surface area contributed by atoms with E-state index in [4.69, 9.17) is 0 Å². The molecule has 3 heterocycles. The van der Waals surface area contributed by atoms with Crippen LogP contribution in [0.1, 0.15) is 24.5 Å². The van der Waals surface area contributed by atoms with Gasteiger partial charge in [-0.3, -0.25) is 0 Å². The Morgan fingerprint density at radius 1 is 1.33 bits per heavy atom. The van der Waals surface area contributed by atoms with Crippen molar-refractivity contribution < 1.29 is 8.42 Å². The van der Waals surface area contributed by atoms with Gasteiger partial charge < -0.3 is 4.57 Å². The van der Waals surface area contributed by atoms with Gasteiger partial charge in [0, 0.05) is 44.1 Å². The highest BCUT2D eigenvalue weighted by Crippen LogP contribution is 2.28. The molecule has 3 rings (SSSR count). The average Bonchev–Trinajstić information content (AvgIpc) is 2.96. The average molecular weight is 307 g/mol. The van der Waals surface area contributed by atoms with Crippen molar-refractivity contribution in [3.8, 4) is 0 Å². The number of aromatic nitrogens is 4. The summed E-state index contributed by atoms with van der Waals surface area (Å²) in [5.41, 5.74) is 0.894. The minimum atomic E-state index is -3.52. The normalized spacial score (nSPS) is 20.5. The molecule has 1 aliphatic rings. The van der Waals surface area contributed by atoms with E-state index in [1.807, 2.05) is 6.07 Å². The molecule has 7 nitrogen and oxygen atoms in total. The molecule has 1 unspecified atom stereocenters. The highest BCUT2D eigenvalue weighted by molar-refractivity contribution is 7.89. The summed E-state index contributed by atoms with van der Waals surface area (Å²) < 4.78 is 28.3. The van der Waals surface area contributed by atoms with Crippen molar-refractivity contribution in [1.82, 2.24) is 23.8 Å². The molecule has 0 N–H and O–H groups in total. The molecule has 2 aromatic heterocycles. The van der Waals surface area contributed by atoms with E-state index in [0.29, 0.717) is 13.1 Å². The number of rotatable bonds is 3. The smallest absolute Gasteiger partial charge is 0.262 e. The van der Waals surface area contributed by atoms with Gasteiger partial charge in [0.15, 0.2) is 5.03 Å². The van der Waals surface area contributed by atoms with E-state index in [-0.39, 0.29) is 10.9 Å². The number of hydrogen-bond acceptors (Lipinski definition) is 5. The van der Waals surface area contributed by atoms with E-state index >= 15 is 0 Å². The topological polar surface area (TPSA) is 81.0 Å². The summed E-state index contributed by atoms with van der Waals surface area (Å²) in [6.45, 7) is 0.969. The first-order valence-corrected chi connectivity index (χ1v) is 8.25. The van der Waals surface area contributed by atoms with Crippen molar-refractivity contribution in [1.29, 1.82) is 0 Å². The van der Waals surface area contributed by atoms with Crippen molar-refractivity contribution in [3.63, 3.8) is 0 Å². The van der Waals surface area contributed by atoms with Gasteiger partial charge in [-0.1, -0.05) is 0 Å². The first kappa shape index (κ1) is 14.2. The minimum Gasteiger partial charge on any atom is -0.339 e. The zero-order valence-electron chi connectivity index (χ0n) is 11.8. The molecule has 1 saturated heterocycles. The molecule has 1 fully saturated rings. The quantitative estimate of drug-likeness (QED) is 0.837. The lowest BCUT2D eigenvalue weighted by Crippen LogP contribution is -2.39. The van der Waals surface area contributed by atoms with E-state index in [2.05, 4.69) is 15.0 Å². The molecule has 0 bridgehead atoms. The lowest BCUT2D eigenvalue weighted by atomic mass is 9.96. The first-order valence-electron chi connectivity index (χ1n) is 6.81. The Morgan fingerprint density at radius 2 is 2.19 bits per heavy atom. The van der Waals surface area contributed by atoms with E-state index in [1.54, 1.807) is 17.8 Å². The third kappa shape index (κ3) is 2.81. The van der Waals surface area contributed by atoms with Crippen LogP contribution in [0.25, 0.3) is 0 Å². The van der Waals surface area contributed by atoms with Crippen LogP contribution in [0.2, 0.25) is 0 Å². The summed E-state index contributed by atoms with van der Waals surface area (Å²) in [4.78, 5) is 12.1. The molecule has 0 aliphatic carbocycles. The second-order valence-electron chi connectivity index (χ2n) is 5.21. The molecule has 21 heavy (non-hydrogen) atoms. The highest BCUT2D eigenvalue weighted by atomic mass is 32.2. The number of piperidine rings is 1. The molecule has 2 aromatic rings. The first-order chi connectivity index (χ1) is 10.1. The maximum Gasteiger partial charge on any atom is 0.262 e. The number of imidazole rings is 1. The van der Waals surface area contributed by atoms with Gasteiger partial charge in [-0.15, -0.1) is 0 Å². The van der Waals surface area contributed by atoms with Crippen molar-refractivity contribution in [2.24, 2.45) is 7.05 Å². The zero-order valence-corrected chi connectivity index (χ0v) is 12.6.